The summed E-state index contributed by atoms with van der Waals surface area (Å²) in [4.78, 5) is 2.06. The fourth-order valence-corrected chi connectivity index (χ4v) is 1.50. The number of aryl methyl sites for hydroxylation is 1. The summed E-state index contributed by atoms with van der Waals surface area (Å²) in [6.07, 6.45) is 0.344. The normalized spacial score (nSPS) is 14.2. The van der Waals surface area contributed by atoms with Crippen molar-refractivity contribution in [2.24, 2.45) is 0 Å². The zero-order chi connectivity index (χ0) is 12.3. The third-order valence-electron chi connectivity index (χ3n) is 3.52. The van der Waals surface area contributed by atoms with Crippen molar-refractivity contribution >= 4 is 0 Å². The van der Waals surface area contributed by atoms with Gasteiger partial charge in [-0.25, -0.2) is 0 Å². The maximum Gasteiger partial charge on any atom is 0.0758 e. The number of aliphatic hydroxyl groups is 1. The Morgan fingerprint density at radius 2 is 1.69 bits per heavy atom. The lowest BCUT2D eigenvalue weighted by atomic mass is 9.90. The monoisotopic (exact) mass is 221 g/mol. The first-order valence-corrected chi connectivity index (χ1v) is 5.75. The van der Waals surface area contributed by atoms with Crippen molar-refractivity contribution in [3.8, 4) is 0 Å². The van der Waals surface area contributed by atoms with Crippen LogP contribution >= 0.6 is 0 Å². The van der Waals surface area contributed by atoms with Gasteiger partial charge in [-0.05, 0) is 40.4 Å². The number of benzene rings is 1. The molecule has 1 aromatic carbocycles. The Hall–Kier alpha value is -0.860. The standard InChI is InChI=1S/C14H23NO/c1-11-6-8-12(9-7-11)10-13(16)14(2,3)15(4)5/h6-9,13,16H,10H2,1-5H3. The Balaban J connectivity index is 2.71. The van der Waals surface area contributed by atoms with Gasteiger partial charge in [0.1, 0.15) is 0 Å². The Morgan fingerprint density at radius 3 is 2.12 bits per heavy atom. The minimum absolute atomic E-state index is 0.203. The summed E-state index contributed by atoms with van der Waals surface area (Å²) in [5.74, 6) is 0. The molecule has 0 amide bonds. The molecule has 1 atom stereocenters. The molecule has 0 aliphatic carbocycles. The average Bonchev–Trinajstić information content (AvgIpc) is 2.21. The number of hydrogen-bond acceptors (Lipinski definition) is 2. The zero-order valence-corrected chi connectivity index (χ0v) is 11.0. The van der Waals surface area contributed by atoms with Crippen molar-refractivity contribution < 1.29 is 5.11 Å². The lowest BCUT2D eigenvalue weighted by Gasteiger charge is -2.37. The van der Waals surface area contributed by atoms with Gasteiger partial charge in [-0.3, -0.25) is 0 Å². The summed E-state index contributed by atoms with van der Waals surface area (Å²) in [5.41, 5.74) is 2.24. The highest BCUT2D eigenvalue weighted by Crippen LogP contribution is 2.19. The maximum absolute atomic E-state index is 10.2. The Kier molecular flexibility index (Phi) is 4.11. The number of hydrogen-bond donors (Lipinski definition) is 1. The van der Waals surface area contributed by atoms with E-state index in [0.29, 0.717) is 6.42 Å². The molecule has 0 aliphatic heterocycles. The number of nitrogens with zero attached hydrogens (tertiary/aromatic N) is 1. The summed E-state index contributed by atoms with van der Waals surface area (Å²) < 4.78 is 0. The highest BCUT2D eigenvalue weighted by Gasteiger charge is 2.29. The quantitative estimate of drug-likeness (QED) is 0.843. The Morgan fingerprint density at radius 1 is 1.19 bits per heavy atom. The molecule has 0 radical (unpaired) electrons. The number of rotatable bonds is 4. The minimum atomic E-state index is -0.356. The molecule has 0 saturated carbocycles. The van der Waals surface area contributed by atoms with Crippen LogP contribution in [0.25, 0.3) is 0 Å². The van der Waals surface area contributed by atoms with E-state index in [2.05, 4.69) is 49.9 Å². The smallest absolute Gasteiger partial charge is 0.0758 e. The second kappa shape index (κ2) is 4.98. The van der Waals surface area contributed by atoms with Crippen LogP contribution in [0, 0.1) is 6.92 Å². The topological polar surface area (TPSA) is 23.5 Å². The molecule has 1 unspecified atom stereocenters. The third kappa shape index (κ3) is 3.06. The van der Waals surface area contributed by atoms with Crippen molar-refractivity contribution in [3.05, 3.63) is 35.4 Å². The molecule has 1 N–H and O–H groups in total. The molecule has 0 aliphatic rings. The van der Waals surface area contributed by atoms with Crippen LogP contribution in [0.3, 0.4) is 0 Å². The van der Waals surface area contributed by atoms with Crippen LogP contribution in [0.2, 0.25) is 0 Å². The van der Waals surface area contributed by atoms with Gasteiger partial charge in [0.15, 0.2) is 0 Å². The molecule has 2 nitrogen and oxygen atoms in total. The zero-order valence-electron chi connectivity index (χ0n) is 11.0. The Bertz CT molecular complexity index is 327. The molecule has 0 heterocycles. The van der Waals surface area contributed by atoms with Crippen LogP contribution in [-0.4, -0.2) is 35.7 Å². The van der Waals surface area contributed by atoms with E-state index in [9.17, 15) is 5.11 Å². The van der Waals surface area contributed by atoms with Gasteiger partial charge < -0.3 is 10.0 Å². The van der Waals surface area contributed by atoms with Crippen molar-refractivity contribution in [1.82, 2.24) is 4.90 Å². The first-order valence-electron chi connectivity index (χ1n) is 5.75. The summed E-state index contributed by atoms with van der Waals surface area (Å²) in [6, 6.07) is 8.35. The van der Waals surface area contributed by atoms with Gasteiger partial charge in [-0.15, -0.1) is 0 Å². The summed E-state index contributed by atoms with van der Waals surface area (Å²) in [7, 11) is 4.00. The molecule has 0 aromatic heterocycles. The molecule has 1 aromatic rings. The first kappa shape index (κ1) is 13.2. The molecule has 90 valence electrons. The largest absolute Gasteiger partial charge is 0.391 e. The molecule has 0 spiro atoms. The van der Waals surface area contributed by atoms with Crippen LogP contribution in [-0.2, 0) is 6.42 Å². The van der Waals surface area contributed by atoms with E-state index in [1.54, 1.807) is 0 Å². The third-order valence-corrected chi connectivity index (χ3v) is 3.52. The molecule has 0 bridgehead atoms. The van der Waals surface area contributed by atoms with Gasteiger partial charge in [0.25, 0.3) is 0 Å². The lowest BCUT2D eigenvalue weighted by Crippen LogP contribution is -2.49. The van der Waals surface area contributed by atoms with Crippen molar-refractivity contribution in [2.75, 3.05) is 14.1 Å². The van der Waals surface area contributed by atoms with Crippen LogP contribution in [0.5, 0.6) is 0 Å². The van der Waals surface area contributed by atoms with E-state index in [0.717, 1.165) is 0 Å². The van der Waals surface area contributed by atoms with Crippen LogP contribution in [0.15, 0.2) is 24.3 Å². The summed E-state index contributed by atoms with van der Waals surface area (Å²) >= 11 is 0. The average molecular weight is 221 g/mol. The van der Waals surface area contributed by atoms with E-state index in [1.165, 1.54) is 11.1 Å². The van der Waals surface area contributed by atoms with Gasteiger partial charge in [0, 0.05) is 12.0 Å². The molecule has 0 fully saturated rings. The van der Waals surface area contributed by atoms with Crippen LogP contribution in [0.1, 0.15) is 25.0 Å². The molecule has 16 heavy (non-hydrogen) atoms. The molecular weight excluding hydrogens is 198 g/mol. The summed E-state index contributed by atoms with van der Waals surface area (Å²) in [6.45, 7) is 6.20. The van der Waals surface area contributed by atoms with Crippen molar-refractivity contribution in [1.29, 1.82) is 0 Å². The predicted molar refractivity (Wildman–Crippen MR) is 68.7 cm³/mol. The minimum Gasteiger partial charge on any atom is -0.391 e. The first-order chi connectivity index (χ1) is 7.34. The Labute approximate surface area is 98.9 Å². The number of aliphatic hydroxyl groups excluding tert-OH is 1. The van der Waals surface area contributed by atoms with Gasteiger partial charge in [0.2, 0.25) is 0 Å². The van der Waals surface area contributed by atoms with Crippen LogP contribution < -0.4 is 0 Å². The van der Waals surface area contributed by atoms with Gasteiger partial charge in [-0.1, -0.05) is 29.8 Å². The van der Waals surface area contributed by atoms with Crippen molar-refractivity contribution in [3.63, 3.8) is 0 Å². The fourth-order valence-electron chi connectivity index (χ4n) is 1.50. The van der Waals surface area contributed by atoms with Gasteiger partial charge in [0.05, 0.1) is 6.10 Å². The molecule has 0 saturated heterocycles. The van der Waals surface area contributed by atoms with Crippen LogP contribution in [0.4, 0.5) is 0 Å². The predicted octanol–water partition coefficient (Wildman–Crippen LogP) is 2.24. The highest BCUT2D eigenvalue weighted by molar-refractivity contribution is 5.22. The number of likely N-dealkylation sites (N-methyl/N-ethyl adjacent to an activating group) is 1. The van der Waals surface area contributed by atoms with Crippen molar-refractivity contribution in [2.45, 2.75) is 38.8 Å². The molecule has 2 heteroatoms. The van der Waals surface area contributed by atoms with Gasteiger partial charge in [-0.2, -0.15) is 0 Å². The molecule has 1 rings (SSSR count). The van der Waals surface area contributed by atoms with E-state index in [1.807, 2.05) is 14.1 Å². The second-order valence-corrected chi connectivity index (χ2v) is 5.25. The second-order valence-electron chi connectivity index (χ2n) is 5.25. The SMILES string of the molecule is Cc1ccc(CC(O)C(C)(C)N(C)C)cc1. The van der Waals surface area contributed by atoms with E-state index < -0.39 is 0 Å². The fraction of sp³-hybridized carbons (Fsp3) is 0.571. The molecular formula is C14H23NO. The van der Waals surface area contributed by atoms with E-state index in [4.69, 9.17) is 0 Å². The summed E-state index contributed by atoms with van der Waals surface area (Å²) in [5, 5.41) is 10.2. The van der Waals surface area contributed by atoms with E-state index >= 15 is 0 Å². The maximum atomic E-state index is 10.2. The highest BCUT2D eigenvalue weighted by atomic mass is 16.3. The lowest BCUT2D eigenvalue weighted by molar-refractivity contribution is 0.0183. The van der Waals surface area contributed by atoms with Gasteiger partial charge >= 0.3 is 0 Å². The van der Waals surface area contributed by atoms with E-state index in [-0.39, 0.29) is 11.6 Å².